The van der Waals surface area contributed by atoms with Crippen molar-refractivity contribution in [3.63, 3.8) is 0 Å². The topological polar surface area (TPSA) is 58.8 Å². The van der Waals surface area contributed by atoms with Gasteiger partial charge in [-0.1, -0.05) is 24.4 Å². The summed E-state index contributed by atoms with van der Waals surface area (Å²) in [5.74, 6) is 0.930. The maximum atomic E-state index is 12.3. The number of benzene rings is 1. The van der Waals surface area contributed by atoms with Crippen molar-refractivity contribution in [2.75, 3.05) is 39.8 Å². The average Bonchev–Trinajstić information content (AvgIpc) is 2.47. The molecule has 0 unspecified atom stereocenters. The summed E-state index contributed by atoms with van der Waals surface area (Å²) in [5.41, 5.74) is 6.52. The molecular formula is C15H21N3O2S. The summed E-state index contributed by atoms with van der Waals surface area (Å²) < 4.78 is 5.18. The van der Waals surface area contributed by atoms with Gasteiger partial charge in [0, 0.05) is 32.7 Å². The van der Waals surface area contributed by atoms with Crippen LogP contribution in [0.25, 0.3) is 0 Å². The molecule has 1 aliphatic heterocycles. The van der Waals surface area contributed by atoms with Crippen molar-refractivity contribution in [1.82, 2.24) is 9.80 Å². The minimum Gasteiger partial charge on any atom is -0.497 e. The third-order valence-electron chi connectivity index (χ3n) is 3.59. The fraction of sp³-hybridized carbons (Fsp3) is 0.467. The molecule has 1 amide bonds. The largest absolute Gasteiger partial charge is 0.497 e. The van der Waals surface area contributed by atoms with Gasteiger partial charge in [0.1, 0.15) is 5.75 Å². The fourth-order valence-corrected chi connectivity index (χ4v) is 2.63. The Labute approximate surface area is 130 Å². The number of thiocarbonyl (C=S) groups is 1. The zero-order chi connectivity index (χ0) is 15.2. The summed E-state index contributed by atoms with van der Waals surface area (Å²) in [6, 6.07) is 7.63. The van der Waals surface area contributed by atoms with Crippen molar-refractivity contribution in [3.8, 4) is 5.75 Å². The molecule has 0 aliphatic carbocycles. The zero-order valence-electron chi connectivity index (χ0n) is 12.2. The van der Waals surface area contributed by atoms with E-state index >= 15 is 0 Å². The summed E-state index contributed by atoms with van der Waals surface area (Å²) >= 11 is 4.91. The minimum absolute atomic E-state index is 0.151. The zero-order valence-corrected chi connectivity index (χ0v) is 13.1. The predicted molar refractivity (Wildman–Crippen MR) is 86.5 cm³/mol. The van der Waals surface area contributed by atoms with E-state index in [1.807, 2.05) is 29.2 Å². The highest BCUT2D eigenvalue weighted by atomic mass is 32.1. The molecule has 5 nitrogen and oxygen atoms in total. The highest BCUT2D eigenvalue weighted by Gasteiger charge is 2.21. The molecule has 1 aliphatic rings. The number of amides is 1. The predicted octanol–water partition coefficient (Wildman–Crippen LogP) is 0.668. The number of hydrogen-bond donors (Lipinski definition) is 1. The van der Waals surface area contributed by atoms with Gasteiger partial charge in [0.05, 0.1) is 18.5 Å². The molecule has 114 valence electrons. The maximum Gasteiger partial charge on any atom is 0.227 e. The number of ether oxygens (including phenoxy) is 1. The molecule has 2 rings (SSSR count). The molecule has 0 atom stereocenters. The van der Waals surface area contributed by atoms with Crippen LogP contribution in [-0.2, 0) is 11.2 Å². The van der Waals surface area contributed by atoms with Crippen LogP contribution in [-0.4, -0.2) is 60.5 Å². The van der Waals surface area contributed by atoms with E-state index in [9.17, 15) is 4.79 Å². The fourth-order valence-electron chi connectivity index (χ4n) is 2.44. The first-order valence-electron chi connectivity index (χ1n) is 7.00. The Balaban J connectivity index is 1.85. The number of nitrogens with zero attached hydrogens (tertiary/aromatic N) is 2. The van der Waals surface area contributed by atoms with Crippen molar-refractivity contribution < 1.29 is 9.53 Å². The molecule has 1 aromatic carbocycles. The third kappa shape index (κ3) is 4.68. The van der Waals surface area contributed by atoms with Crippen LogP contribution in [0.15, 0.2) is 24.3 Å². The van der Waals surface area contributed by atoms with Crippen LogP contribution in [0.3, 0.4) is 0 Å². The van der Waals surface area contributed by atoms with Crippen molar-refractivity contribution in [2.24, 2.45) is 5.73 Å². The molecule has 0 bridgehead atoms. The summed E-state index contributed by atoms with van der Waals surface area (Å²) in [6.45, 7) is 3.73. The highest BCUT2D eigenvalue weighted by molar-refractivity contribution is 7.80. The van der Waals surface area contributed by atoms with E-state index in [-0.39, 0.29) is 5.91 Å². The number of nitrogens with two attached hydrogens (primary N) is 1. The molecule has 1 aromatic rings. The summed E-state index contributed by atoms with van der Waals surface area (Å²) in [5, 5.41) is 0. The minimum atomic E-state index is 0.151. The van der Waals surface area contributed by atoms with Gasteiger partial charge in [0.2, 0.25) is 5.91 Å². The molecule has 1 saturated heterocycles. The molecule has 1 fully saturated rings. The summed E-state index contributed by atoms with van der Waals surface area (Å²) in [6.07, 6.45) is 0.409. The van der Waals surface area contributed by atoms with Crippen molar-refractivity contribution >= 4 is 23.1 Å². The van der Waals surface area contributed by atoms with E-state index in [0.29, 0.717) is 18.0 Å². The normalized spacial score (nSPS) is 15.8. The van der Waals surface area contributed by atoms with Crippen LogP contribution in [0, 0.1) is 0 Å². The first kappa shape index (κ1) is 15.7. The smallest absolute Gasteiger partial charge is 0.227 e. The van der Waals surface area contributed by atoms with E-state index in [0.717, 1.165) is 37.5 Å². The Morgan fingerprint density at radius 3 is 2.67 bits per heavy atom. The van der Waals surface area contributed by atoms with Crippen LogP contribution < -0.4 is 10.5 Å². The van der Waals surface area contributed by atoms with Crippen molar-refractivity contribution in [1.29, 1.82) is 0 Å². The molecule has 0 spiro atoms. The van der Waals surface area contributed by atoms with E-state index in [4.69, 9.17) is 22.7 Å². The quantitative estimate of drug-likeness (QED) is 0.810. The van der Waals surface area contributed by atoms with Gasteiger partial charge in [-0.15, -0.1) is 0 Å². The molecule has 6 heteroatoms. The molecule has 0 radical (unpaired) electrons. The third-order valence-corrected chi connectivity index (χ3v) is 3.72. The van der Waals surface area contributed by atoms with Crippen LogP contribution in [0.4, 0.5) is 0 Å². The van der Waals surface area contributed by atoms with Gasteiger partial charge < -0.3 is 15.4 Å². The van der Waals surface area contributed by atoms with Crippen LogP contribution >= 0.6 is 12.2 Å². The van der Waals surface area contributed by atoms with Crippen LogP contribution in [0.5, 0.6) is 5.75 Å². The second-order valence-corrected chi connectivity index (χ2v) is 5.68. The number of piperazine rings is 1. The standard InChI is InChI=1S/C15H21N3O2S/c1-20-13-4-2-3-12(9-13)10-15(19)18-7-5-17(6-8-18)11-14(16)21/h2-4,9H,5-8,10-11H2,1H3,(H2,16,21). The molecule has 0 aromatic heterocycles. The molecular weight excluding hydrogens is 286 g/mol. The monoisotopic (exact) mass is 307 g/mol. The van der Waals surface area contributed by atoms with E-state index in [1.54, 1.807) is 7.11 Å². The first-order valence-corrected chi connectivity index (χ1v) is 7.40. The van der Waals surface area contributed by atoms with Gasteiger partial charge in [-0.3, -0.25) is 9.69 Å². The molecule has 1 heterocycles. The van der Waals surface area contributed by atoms with Crippen molar-refractivity contribution in [2.45, 2.75) is 6.42 Å². The maximum absolute atomic E-state index is 12.3. The Morgan fingerprint density at radius 2 is 2.05 bits per heavy atom. The van der Waals surface area contributed by atoms with E-state index in [1.165, 1.54) is 0 Å². The number of rotatable bonds is 5. The van der Waals surface area contributed by atoms with Crippen LogP contribution in [0.2, 0.25) is 0 Å². The van der Waals surface area contributed by atoms with Gasteiger partial charge in [-0.2, -0.15) is 0 Å². The Morgan fingerprint density at radius 1 is 1.33 bits per heavy atom. The molecule has 21 heavy (non-hydrogen) atoms. The summed E-state index contributed by atoms with van der Waals surface area (Å²) in [7, 11) is 1.63. The lowest BCUT2D eigenvalue weighted by Gasteiger charge is -2.34. The Bertz CT molecular complexity index is 513. The SMILES string of the molecule is COc1cccc(CC(=O)N2CCN(CC(N)=S)CC2)c1. The number of carbonyl (C=O) groups excluding carboxylic acids is 1. The van der Waals surface area contributed by atoms with Crippen LogP contribution in [0.1, 0.15) is 5.56 Å². The van der Waals surface area contributed by atoms with Gasteiger partial charge in [-0.05, 0) is 17.7 Å². The van der Waals surface area contributed by atoms with E-state index < -0.39 is 0 Å². The lowest BCUT2D eigenvalue weighted by Crippen LogP contribution is -2.50. The molecule has 2 N–H and O–H groups in total. The second kappa shape index (κ2) is 7.38. The lowest BCUT2D eigenvalue weighted by atomic mass is 10.1. The number of hydrogen-bond acceptors (Lipinski definition) is 4. The van der Waals surface area contributed by atoms with Crippen molar-refractivity contribution in [3.05, 3.63) is 29.8 Å². The molecule has 0 saturated carbocycles. The average molecular weight is 307 g/mol. The number of methoxy groups -OCH3 is 1. The summed E-state index contributed by atoms with van der Waals surface area (Å²) in [4.78, 5) is 16.9. The van der Waals surface area contributed by atoms with Gasteiger partial charge in [0.25, 0.3) is 0 Å². The lowest BCUT2D eigenvalue weighted by molar-refractivity contribution is -0.132. The Kier molecular flexibility index (Phi) is 5.52. The first-order chi connectivity index (χ1) is 10.1. The van der Waals surface area contributed by atoms with Gasteiger partial charge in [-0.25, -0.2) is 0 Å². The van der Waals surface area contributed by atoms with Gasteiger partial charge in [0.15, 0.2) is 0 Å². The second-order valence-electron chi connectivity index (χ2n) is 5.15. The Hall–Kier alpha value is -1.66. The number of carbonyl (C=O) groups is 1. The van der Waals surface area contributed by atoms with E-state index in [2.05, 4.69) is 4.90 Å². The van der Waals surface area contributed by atoms with Gasteiger partial charge >= 0.3 is 0 Å². The highest BCUT2D eigenvalue weighted by Crippen LogP contribution is 2.14.